The van der Waals surface area contributed by atoms with Crippen LogP contribution in [-0.4, -0.2) is 16.9 Å². The van der Waals surface area contributed by atoms with Crippen LogP contribution in [0.25, 0.3) is 0 Å². The zero-order chi connectivity index (χ0) is 13.3. The smallest absolute Gasteiger partial charge is 0.232 e. The lowest BCUT2D eigenvalue weighted by atomic mass is 9.75. The SMILES string of the molecule is CC1(C)CCCC(NC(=O)C(C)(C)C(N)=S)C1. The van der Waals surface area contributed by atoms with E-state index >= 15 is 0 Å². The van der Waals surface area contributed by atoms with Crippen LogP contribution in [-0.2, 0) is 4.79 Å². The second kappa shape index (κ2) is 4.92. The van der Waals surface area contributed by atoms with E-state index in [0.29, 0.717) is 5.41 Å². The second-order valence-electron chi connectivity index (χ2n) is 6.42. The van der Waals surface area contributed by atoms with Crippen molar-refractivity contribution in [3.8, 4) is 0 Å². The van der Waals surface area contributed by atoms with Crippen LogP contribution in [0.2, 0.25) is 0 Å². The third-order valence-corrected chi connectivity index (χ3v) is 4.23. The number of nitrogens with one attached hydrogen (secondary N) is 1. The standard InChI is InChI=1S/C13H24N2OS/c1-12(2)7-5-6-9(8-12)15-11(16)13(3,4)10(14)17/h9H,5-8H2,1-4H3,(H2,14,17)(H,15,16). The number of amides is 1. The van der Waals surface area contributed by atoms with E-state index in [2.05, 4.69) is 19.2 Å². The third kappa shape index (κ3) is 3.66. The molecule has 0 aromatic rings. The van der Waals surface area contributed by atoms with Crippen molar-refractivity contribution in [3.05, 3.63) is 0 Å². The fourth-order valence-electron chi connectivity index (χ4n) is 2.30. The molecular formula is C13H24N2OS. The number of hydrogen-bond acceptors (Lipinski definition) is 2. The molecule has 1 atom stereocenters. The number of carbonyl (C=O) groups excluding carboxylic acids is 1. The predicted molar refractivity (Wildman–Crippen MR) is 74.7 cm³/mol. The van der Waals surface area contributed by atoms with Gasteiger partial charge in [-0.2, -0.15) is 0 Å². The van der Waals surface area contributed by atoms with Crippen molar-refractivity contribution in [3.63, 3.8) is 0 Å². The van der Waals surface area contributed by atoms with Crippen LogP contribution in [0, 0.1) is 10.8 Å². The zero-order valence-electron chi connectivity index (χ0n) is 11.3. The van der Waals surface area contributed by atoms with Crippen molar-refractivity contribution < 1.29 is 4.79 Å². The summed E-state index contributed by atoms with van der Waals surface area (Å²) in [5.74, 6) is -0.0484. The van der Waals surface area contributed by atoms with Crippen LogP contribution in [0.5, 0.6) is 0 Å². The number of hydrogen-bond donors (Lipinski definition) is 2. The minimum atomic E-state index is -0.753. The lowest BCUT2D eigenvalue weighted by Crippen LogP contribution is -2.50. The summed E-state index contributed by atoms with van der Waals surface area (Å²) in [6, 6.07) is 0.264. The van der Waals surface area contributed by atoms with Gasteiger partial charge in [-0.25, -0.2) is 0 Å². The van der Waals surface area contributed by atoms with Crippen molar-refractivity contribution in [2.75, 3.05) is 0 Å². The molecule has 0 bridgehead atoms. The summed E-state index contributed by atoms with van der Waals surface area (Å²) in [6.45, 7) is 8.06. The van der Waals surface area contributed by atoms with Gasteiger partial charge in [0.2, 0.25) is 5.91 Å². The van der Waals surface area contributed by atoms with Crippen LogP contribution in [0.3, 0.4) is 0 Å². The van der Waals surface area contributed by atoms with Crippen molar-refractivity contribution in [1.29, 1.82) is 0 Å². The molecule has 1 aliphatic rings. The van der Waals surface area contributed by atoms with E-state index in [0.717, 1.165) is 12.8 Å². The quantitative estimate of drug-likeness (QED) is 0.762. The summed E-state index contributed by atoms with van der Waals surface area (Å²) in [5, 5.41) is 3.09. The van der Waals surface area contributed by atoms with Gasteiger partial charge in [0.25, 0.3) is 0 Å². The topological polar surface area (TPSA) is 55.1 Å². The van der Waals surface area contributed by atoms with Crippen molar-refractivity contribution in [2.45, 2.75) is 59.4 Å². The Morgan fingerprint density at radius 3 is 2.53 bits per heavy atom. The van der Waals surface area contributed by atoms with Gasteiger partial charge in [0.1, 0.15) is 0 Å². The van der Waals surface area contributed by atoms with E-state index in [1.54, 1.807) is 13.8 Å². The normalized spacial score (nSPS) is 24.1. The molecule has 1 rings (SSSR count). The maximum Gasteiger partial charge on any atom is 0.232 e. The van der Waals surface area contributed by atoms with Crippen LogP contribution in [0.15, 0.2) is 0 Å². The van der Waals surface area contributed by atoms with Gasteiger partial charge in [0, 0.05) is 6.04 Å². The molecule has 1 fully saturated rings. The maximum atomic E-state index is 12.1. The first-order valence-electron chi connectivity index (χ1n) is 6.26. The lowest BCUT2D eigenvalue weighted by Gasteiger charge is -2.37. The molecule has 0 radical (unpaired) electrons. The summed E-state index contributed by atoms with van der Waals surface area (Å²) in [4.78, 5) is 12.4. The fraction of sp³-hybridized carbons (Fsp3) is 0.846. The highest BCUT2D eigenvalue weighted by molar-refractivity contribution is 7.80. The molecule has 3 nitrogen and oxygen atoms in total. The molecule has 0 heterocycles. The summed E-state index contributed by atoms with van der Waals surface area (Å²) in [5.41, 5.74) is 5.17. The van der Waals surface area contributed by atoms with E-state index in [1.165, 1.54) is 12.8 Å². The monoisotopic (exact) mass is 256 g/mol. The molecule has 1 amide bonds. The summed E-state index contributed by atoms with van der Waals surface area (Å²) in [6.07, 6.45) is 4.50. The summed E-state index contributed by atoms with van der Waals surface area (Å²) in [7, 11) is 0. The predicted octanol–water partition coefficient (Wildman–Crippen LogP) is 2.38. The molecule has 0 aromatic heterocycles. The lowest BCUT2D eigenvalue weighted by molar-refractivity contribution is -0.127. The van der Waals surface area contributed by atoms with Gasteiger partial charge < -0.3 is 11.1 Å². The second-order valence-corrected chi connectivity index (χ2v) is 6.86. The van der Waals surface area contributed by atoms with Crippen LogP contribution in [0.4, 0.5) is 0 Å². The van der Waals surface area contributed by atoms with Crippen LogP contribution >= 0.6 is 12.2 Å². The molecule has 3 N–H and O–H groups in total. The molecule has 1 aliphatic carbocycles. The summed E-state index contributed by atoms with van der Waals surface area (Å²) >= 11 is 4.94. The zero-order valence-corrected chi connectivity index (χ0v) is 12.1. The Balaban J connectivity index is 2.60. The Morgan fingerprint density at radius 1 is 1.47 bits per heavy atom. The van der Waals surface area contributed by atoms with E-state index < -0.39 is 5.41 Å². The molecule has 0 spiro atoms. The minimum absolute atomic E-state index is 0.0484. The highest BCUT2D eigenvalue weighted by atomic mass is 32.1. The first kappa shape index (κ1) is 14.4. The van der Waals surface area contributed by atoms with Crippen LogP contribution < -0.4 is 11.1 Å². The highest BCUT2D eigenvalue weighted by Crippen LogP contribution is 2.35. The van der Waals surface area contributed by atoms with Crippen molar-refractivity contribution in [1.82, 2.24) is 5.32 Å². The van der Waals surface area contributed by atoms with Gasteiger partial charge in [-0.3, -0.25) is 4.79 Å². The van der Waals surface area contributed by atoms with Crippen molar-refractivity contribution in [2.24, 2.45) is 16.6 Å². The Hall–Kier alpha value is -0.640. The minimum Gasteiger partial charge on any atom is -0.392 e. The molecule has 98 valence electrons. The Kier molecular flexibility index (Phi) is 4.18. The van der Waals surface area contributed by atoms with Gasteiger partial charge in [0.15, 0.2) is 0 Å². The average Bonchev–Trinajstić information content (AvgIpc) is 2.15. The molecule has 17 heavy (non-hydrogen) atoms. The first-order chi connectivity index (χ1) is 7.65. The number of rotatable bonds is 3. The van der Waals surface area contributed by atoms with Crippen molar-refractivity contribution >= 4 is 23.1 Å². The van der Waals surface area contributed by atoms with E-state index in [1.807, 2.05) is 0 Å². The Morgan fingerprint density at radius 2 is 2.06 bits per heavy atom. The number of carbonyl (C=O) groups is 1. The van der Waals surface area contributed by atoms with E-state index in [4.69, 9.17) is 18.0 Å². The van der Waals surface area contributed by atoms with Gasteiger partial charge in [0.05, 0.1) is 10.4 Å². The van der Waals surface area contributed by atoms with Crippen LogP contribution in [0.1, 0.15) is 53.4 Å². The van der Waals surface area contributed by atoms with Gasteiger partial charge >= 0.3 is 0 Å². The van der Waals surface area contributed by atoms with Gasteiger partial charge in [-0.05, 0) is 38.5 Å². The Labute approximate surface area is 110 Å². The maximum absolute atomic E-state index is 12.1. The molecule has 4 heteroatoms. The number of nitrogens with two attached hydrogens (primary N) is 1. The Bertz CT molecular complexity index is 323. The molecule has 0 aromatic carbocycles. The fourth-order valence-corrected chi connectivity index (χ4v) is 2.39. The largest absolute Gasteiger partial charge is 0.392 e. The van der Waals surface area contributed by atoms with E-state index in [9.17, 15) is 4.79 Å². The molecule has 1 saturated carbocycles. The summed E-state index contributed by atoms with van der Waals surface area (Å²) < 4.78 is 0. The molecule has 1 unspecified atom stereocenters. The number of thiocarbonyl (C=S) groups is 1. The van der Waals surface area contributed by atoms with E-state index in [-0.39, 0.29) is 16.9 Å². The van der Waals surface area contributed by atoms with Gasteiger partial charge in [-0.15, -0.1) is 0 Å². The third-order valence-electron chi connectivity index (χ3n) is 3.72. The highest BCUT2D eigenvalue weighted by Gasteiger charge is 2.35. The molecule has 0 saturated heterocycles. The van der Waals surface area contributed by atoms with Gasteiger partial charge in [-0.1, -0.05) is 32.5 Å². The average molecular weight is 256 g/mol. The first-order valence-corrected chi connectivity index (χ1v) is 6.67. The molecule has 0 aliphatic heterocycles. The molecular weight excluding hydrogens is 232 g/mol.